The summed E-state index contributed by atoms with van der Waals surface area (Å²) >= 11 is 0. The average Bonchev–Trinajstić information content (AvgIpc) is 3.51. The van der Waals surface area contributed by atoms with Gasteiger partial charge in [-0.15, -0.1) is 0 Å². The Morgan fingerprint density at radius 3 is 2.61 bits per heavy atom. The molecule has 0 saturated heterocycles. The number of pyridine rings is 1. The smallest absolute Gasteiger partial charge is 0.250 e. The number of nitrogens with zero attached hydrogens (tertiary/aromatic N) is 3. The highest BCUT2D eigenvalue weighted by molar-refractivity contribution is 5.69. The third kappa shape index (κ3) is 6.13. The van der Waals surface area contributed by atoms with Gasteiger partial charge in [0, 0.05) is 43.1 Å². The first-order valence-corrected chi connectivity index (χ1v) is 12.5. The fourth-order valence-electron chi connectivity index (χ4n) is 4.60. The van der Waals surface area contributed by atoms with Crippen LogP contribution >= 0.6 is 0 Å². The summed E-state index contributed by atoms with van der Waals surface area (Å²) in [6.07, 6.45) is 6.82. The highest BCUT2D eigenvalue weighted by Gasteiger charge is 2.49. The highest BCUT2D eigenvalue weighted by Crippen LogP contribution is 2.53. The summed E-state index contributed by atoms with van der Waals surface area (Å²) in [7, 11) is 3.30. The molecule has 3 rings (SSSR count). The van der Waals surface area contributed by atoms with E-state index in [1.807, 2.05) is 32.9 Å². The van der Waals surface area contributed by atoms with Gasteiger partial charge in [-0.2, -0.15) is 4.98 Å². The van der Waals surface area contributed by atoms with Crippen molar-refractivity contribution in [3.63, 3.8) is 0 Å². The first-order valence-electron chi connectivity index (χ1n) is 12.5. The Morgan fingerprint density at radius 2 is 1.94 bits per heavy atom. The maximum absolute atomic E-state index is 12.4. The van der Waals surface area contributed by atoms with Gasteiger partial charge in [0.15, 0.2) is 0 Å². The standard InChI is InChI=1S/C29H39N3O4/c1-9-18(2)23(11-10-19(3)35-8)28-20(4)26(28)17-36-29-25(16-30-22(6)31-29)24-12-13-27(33)32(21(24)5)14-15-34-7/h10-13,16,20,26,28H,2,9,14-15,17H2,1,3-8H3. The van der Waals surface area contributed by atoms with Crippen LogP contribution in [0.2, 0.25) is 0 Å². The molecule has 2 heterocycles. The number of rotatable bonds is 12. The second-order valence-electron chi connectivity index (χ2n) is 9.37. The van der Waals surface area contributed by atoms with Gasteiger partial charge in [0.2, 0.25) is 5.88 Å². The van der Waals surface area contributed by atoms with Gasteiger partial charge in [-0.3, -0.25) is 4.79 Å². The lowest BCUT2D eigenvalue weighted by atomic mass is 9.98. The molecule has 3 unspecified atom stereocenters. The maximum Gasteiger partial charge on any atom is 0.250 e. The van der Waals surface area contributed by atoms with Crippen LogP contribution in [0.25, 0.3) is 11.1 Å². The molecular weight excluding hydrogens is 454 g/mol. The molecule has 0 bridgehead atoms. The van der Waals surface area contributed by atoms with Crippen molar-refractivity contribution < 1.29 is 14.2 Å². The summed E-state index contributed by atoms with van der Waals surface area (Å²) in [5.41, 5.74) is 4.82. The van der Waals surface area contributed by atoms with Crippen LogP contribution < -0.4 is 10.3 Å². The van der Waals surface area contributed by atoms with Crippen LogP contribution in [0.15, 0.2) is 58.8 Å². The van der Waals surface area contributed by atoms with Gasteiger partial charge in [-0.05, 0) is 56.7 Å². The monoisotopic (exact) mass is 493 g/mol. The maximum atomic E-state index is 12.4. The zero-order valence-corrected chi connectivity index (χ0v) is 22.6. The number of hydrogen-bond donors (Lipinski definition) is 0. The minimum absolute atomic E-state index is 0.0633. The lowest BCUT2D eigenvalue weighted by Crippen LogP contribution is -2.24. The van der Waals surface area contributed by atoms with Crippen LogP contribution in [-0.2, 0) is 16.0 Å². The fourth-order valence-corrected chi connectivity index (χ4v) is 4.60. The van der Waals surface area contributed by atoms with Crippen LogP contribution in [0.4, 0.5) is 0 Å². The van der Waals surface area contributed by atoms with Crippen LogP contribution in [0.5, 0.6) is 5.88 Å². The number of methoxy groups -OCH3 is 2. The third-order valence-electron chi connectivity index (χ3n) is 7.13. The largest absolute Gasteiger partial charge is 0.501 e. The van der Waals surface area contributed by atoms with E-state index in [-0.39, 0.29) is 5.56 Å². The quantitative estimate of drug-likeness (QED) is 0.296. The summed E-state index contributed by atoms with van der Waals surface area (Å²) in [5, 5.41) is 0. The van der Waals surface area contributed by atoms with Gasteiger partial charge in [0.05, 0.1) is 31.6 Å². The lowest BCUT2D eigenvalue weighted by Gasteiger charge is -2.16. The van der Waals surface area contributed by atoms with Gasteiger partial charge in [0.1, 0.15) is 5.82 Å². The van der Waals surface area contributed by atoms with E-state index >= 15 is 0 Å². The Balaban J connectivity index is 1.86. The van der Waals surface area contributed by atoms with Crippen molar-refractivity contribution in [1.82, 2.24) is 14.5 Å². The van der Waals surface area contributed by atoms with Crippen molar-refractivity contribution in [3.05, 3.63) is 75.8 Å². The Morgan fingerprint density at radius 1 is 1.19 bits per heavy atom. The van der Waals surface area contributed by atoms with Gasteiger partial charge >= 0.3 is 0 Å². The molecule has 0 amide bonds. The Labute approximate surface area is 214 Å². The zero-order valence-electron chi connectivity index (χ0n) is 22.6. The van der Waals surface area contributed by atoms with Crippen LogP contribution in [-0.4, -0.2) is 42.0 Å². The van der Waals surface area contributed by atoms with E-state index in [1.54, 1.807) is 31.0 Å². The van der Waals surface area contributed by atoms with Gasteiger partial charge in [-0.1, -0.05) is 32.1 Å². The lowest BCUT2D eigenvalue weighted by molar-refractivity contribution is 0.185. The van der Waals surface area contributed by atoms with E-state index in [9.17, 15) is 4.79 Å². The van der Waals surface area contributed by atoms with E-state index in [0.717, 1.165) is 34.6 Å². The van der Waals surface area contributed by atoms with Crippen LogP contribution in [0, 0.1) is 31.6 Å². The molecule has 1 fully saturated rings. The number of aryl methyl sites for hydroxylation is 1. The summed E-state index contributed by atoms with van der Waals surface area (Å²) in [6.45, 7) is 15.9. The second kappa shape index (κ2) is 12.2. The minimum Gasteiger partial charge on any atom is -0.501 e. The predicted octanol–water partition coefficient (Wildman–Crippen LogP) is 5.27. The van der Waals surface area contributed by atoms with E-state index in [2.05, 4.69) is 36.5 Å². The van der Waals surface area contributed by atoms with Crippen molar-refractivity contribution in [1.29, 1.82) is 0 Å². The predicted molar refractivity (Wildman–Crippen MR) is 143 cm³/mol. The van der Waals surface area contributed by atoms with Crippen molar-refractivity contribution in [3.8, 4) is 17.0 Å². The van der Waals surface area contributed by atoms with E-state index in [4.69, 9.17) is 14.2 Å². The van der Waals surface area contributed by atoms with Crippen LogP contribution in [0.3, 0.4) is 0 Å². The van der Waals surface area contributed by atoms with Gasteiger partial charge in [-0.25, -0.2) is 4.98 Å². The molecule has 3 atom stereocenters. The van der Waals surface area contributed by atoms with Crippen molar-refractivity contribution in [2.75, 3.05) is 27.4 Å². The highest BCUT2D eigenvalue weighted by atomic mass is 16.5. The third-order valence-corrected chi connectivity index (χ3v) is 7.13. The van der Waals surface area contributed by atoms with E-state index in [1.165, 1.54) is 5.57 Å². The molecule has 0 aromatic carbocycles. The SMILES string of the molecule is C=C(CC)C(=CC=C(C)OC)C1C(C)C1COc1nc(C)ncc1-c1ccc(=O)n(CCOC)c1C. The molecule has 7 heteroatoms. The first-order chi connectivity index (χ1) is 17.2. The summed E-state index contributed by atoms with van der Waals surface area (Å²) in [6, 6.07) is 3.39. The Hall–Kier alpha value is -3.19. The number of hydrogen-bond acceptors (Lipinski definition) is 6. The van der Waals surface area contributed by atoms with Gasteiger partial charge < -0.3 is 18.8 Å². The summed E-state index contributed by atoms with van der Waals surface area (Å²) < 4.78 is 18.6. The fraction of sp³-hybridized carbons (Fsp3) is 0.483. The number of allylic oxidation sites excluding steroid dienone is 5. The second-order valence-corrected chi connectivity index (χ2v) is 9.37. The molecular formula is C29H39N3O4. The van der Waals surface area contributed by atoms with Gasteiger partial charge in [0.25, 0.3) is 5.56 Å². The molecule has 0 aliphatic heterocycles. The summed E-state index contributed by atoms with van der Waals surface area (Å²) in [4.78, 5) is 21.5. The molecule has 7 nitrogen and oxygen atoms in total. The molecule has 1 aliphatic rings. The molecule has 1 aliphatic carbocycles. The Kier molecular flexibility index (Phi) is 9.26. The molecule has 0 N–H and O–H groups in total. The van der Waals surface area contributed by atoms with Crippen molar-refractivity contribution >= 4 is 0 Å². The molecule has 36 heavy (non-hydrogen) atoms. The topological polar surface area (TPSA) is 75.5 Å². The van der Waals surface area contributed by atoms with Crippen LogP contribution in [0.1, 0.15) is 38.7 Å². The molecule has 2 aromatic rings. The molecule has 0 spiro atoms. The van der Waals surface area contributed by atoms with Crippen molar-refractivity contribution in [2.24, 2.45) is 17.8 Å². The summed E-state index contributed by atoms with van der Waals surface area (Å²) in [5.74, 6) is 3.24. The average molecular weight is 494 g/mol. The molecule has 194 valence electrons. The molecule has 1 saturated carbocycles. The van der Waals surface area contributed by atoms with E-state index < -0.39 is 0 Å². The molecule has 2 aromatic heterocycles. The number of ether oxygens (including phenoxy) is 3. The van der Waals surface area contributed by atoms with E-state index in [0.29, 0.717) is 49.2 Å². The number of aromatic nitrogens is 3. The minimum atomic E-state index is -0.0633. The Bertz CT molecular complexity index is 1210. The van der Waals surface area contributed by atoms with Crippen molar-refractivity contribution in [2.45, 2.75) is 47.6 Å². The normalized spacial score (nSPS) is 19.8. The first kappa shape index (κ1) is 27.4. The zero-order chi connectivity index (χ0) is 26.4. The molecule has 0 radical (unpaired) electrons.